The lowest BCUT2D eigenvalue weighted by atomic mass is 10.0. The Bertz CT molecular complexity index is 808. The second kappa shape index (κ2) is 7.91. The molecule has 0 spiro atoms. The number of methoxy groups -OCH3 is 1. The molecule has 1 saturated carbocycles. The maximum Gasteiger partial charge on any atom is 0.256 e. The number of amides is 2. The topological polar surface area (TPSA) is 95.0 Å². The minimum atomic E-state index is -0.500. The molecule has 0 unspecified atom stereocenters. The number of nitrogens with zero attached hydrogens (tertiary/aromatic N) is 3. The van der Waals surface area contributed by atoms with Crippen LogP contribution < -0.4 is 10.1 Å². The van der Waals surface area contributed by atoms with Gasteiger partial charge in [0.1, 0.15) is 0 Å². The second-order valence-corrected chi connectivity index (χ2v) is 8.74. The third kappa shape index (κ3) is 4.23. The van der Waals surface area contributed by atoms with Gasteiger partial charge in [-0.05, 0) is 39.2 Å². The van der Waals surface area contributed by atoms with Crippen molar-refractivity contribution >= 4 is 11.8 Å². The van der Waals surface area contributed by atoms with Gasteiger partial charge in [-0.25, -0.2) is 4.98 Å². The van der Waals surface area contributed by atoms with Gasteiger partial charge in [0.25, 0.3) is 5.91 Å². The van der Waals surface area contributed by atoms with Gasteiger partial charge in [-0.3, -0.25) is 14.5 Å². The molecule has 29 heavy (non-hydrogen) atoms. The SMILES string of the molecule is COc1nc2c(cc1CN1C[C@H](O)C[C@H](NC(=O)C3CC3)C1)C(=O)N(C(C)C)C2. The zero-order valence-electron chi connectivity index (χ0n) is 17.4. The number of nitrogens with one attached hydrogen (secondary N) is 1. The largest absolute Gasteiger partial charge is 0.481 e. The predicted molar refractivity (Wildman–Crippen MR) is 106 cm³/mol. The molecule has 0 aromatic carbocycles. The van der Waals surface area contributed by atoms with Crippen molar-refractivity contribution in [1.82, 2.24) is 20.1 Å². The molecule has 0 radical (unpaired) electrons. The van der Waals surface area contributed by atoms with Crippen LogP contribution in [0.2, 0.25) is 0 Å². The Labute approximate surface area is 171 Å². The summed E-state index contributed by atoms with van der Waals surface area (Å²) in [6, 6.07) is 1.92. The number of carbonyl (C=O) groups is 2. The number of hydrogen-bond donors (Lipinski definition) is 2. The zero-order chi connectivity index (χ0) is 20.7. The number of aliphatic hydroxyl groups excluding tert-OH is 1. The number of aromatic nitrogens is 1. The highest BCUT2D eigenvalue weighted by Gasteiger charge is 2.35. The van der Waals surface area contributed by atoms with E-state index in [1.54, 1.807) is 12.0 Å². The normalized spacial score (nSPS) is 24.7. The summed E-state index contributed by atoms with van der Waals surface area (Å²) >= 11 is 0. The van der Waals surface area contributed by atoms with E-state index in [-0.39, 0.29) is 29.8 Å². The first-order valence-corrected chi connectivity index (χ1v) is 10.4. The minimum Gasteiger partial charge on any atom is -0.481 e. The first-order chi connectivity index (χ1) is 13.9. The number of likely N-dealkylation sites (tertiary alicyclic amines) is 1. The van der Waals surface area contributed by atoms with Crippen molar-refractivity contribution in [2.45, 2.75) is 64.4 Å². The number of pyridine rings is 1. The van der Waals surface area contributed by atoms with E-state index < -0.39 is 6.10 Å². The molecule has 8 heteroatoms. The van der Waals surface area contributed by atoms with Gasteiger partial charge >= 0.3 is 0 Å². The van der Waals surface area contributed by atoms with Crippen LogP contribution in [0.4, 0.5) is 0 Å². The first kappa shape index (κ1) is 20.1. The fourth-order valence-electron chi connectivity index (χ4n) is 4.28. The van der Waals surface area contributed by atoms with E-state index in [1.807, 2.05) is 19.9 Å². The summed E-state index contributed by atoms with van der Waals surface area (Å²) in [6.45, 7) is 6.16. The van der Waals surface area contributed by atoms with E-state index in [0.717, 1.165) is 24.1 Å². The molecule has 1 saturated heterocycles. The van der Waals surface area contributed by atoms with Crippen molar-refractivity contribution in [3.05, 3.63) is 22.9 Å². The Hall–Kier alpha value is -2.19. The third-order valence-corrected chi connectivity index (χ3v) is 5.96. The van der Waals surface area contributed by atoms with Crippen molar-refractivity contribution in [2.24, 2.45) is 5.92 Å². The number of β-amino-alcohol motifs (C(OH)–C–C–N with tert-alkyl or cyclic N) is 1. The van der Waals surface area contributed by atoms with E-state index in [0.29, 0.717) is 44.0 Å². The van der Waals surface area contributed by atoms with Gasteiger partial charge in [0.05, 0.1) is 31.0 Å². The standard InChI is InChI=1S/C21H30N4O4/c1-12(2)25-11-18-17(21(25)28)6-14(20(23-18)29-3)8-24-9-15(7-16(26)10-24)22-19(27)13-4-5-13/h6,12-13,15-16,26H,4-5,7-11H2,1-3H3,(H,22,27)/t15-,16+/m0/s1. The summed E-state index contributed by atoms with van der Waals surface area (Å²) in [7, 11) is 1.58. The Morgan fingerprint density at radius 1 is 1.38 bits per heavy atom. The number of piperidine rings is 1. The maximum atomic E-state index is 12.7. The van der Waals surface area contributed by atoms with E-state index in [4.69, 9.17) is 4.74 Å². The average Bonchev–Trinajstić information content (AvgIpc) is 3.46. The lowest BCUT2D eigenvalue weighted by Gasteiger charge is -2.36. The molecule has 1 aromatic rings. The second-order valence-electron chi connectivity index (χ2n) is 8.74. The Morgan fingerprint density at radius 3 is 2.79 bits per heavy atom. The van der Waals surface area contributed by atoms with Gasteiger partial charge in [0.15, 0.2) is 0 Å². The lowest BCUT2D eigenvalue weighted by Crippen LogP contribution is -2.52. The van der Waals surface area contributed by atoms with Gasteiger partial charge in [-0.2, -0.15) is 0 Å². The first-order valence-electron chi connectivity index (χ1n) is 10.4. The fourth-order valence-corrected chi connectivity index (χ4v) is 4.28. The average molecular weight is 402 g/mol. The van der Waals surface area contributed by atoms with Gasteiger partial charge in [-0.15, -0.1) is 0 Å². The molecule has 8 nitrogen and oxygen atoms in total. The van der Waals surface area contributed by atoms with Crippen LogP contribution in [-0.2, 0) is 17.9 Å². The number of rotatable bonds is 6. The molecule has 2 N–H and O–H groups in total. The van der Waals surface area contributed by atoms with Gasteiger partial charge < -0.3 is 20.1 Å². The number of fused-ring (bicyclic) bond motifs is 1. The van der Waals surface area contributed by atoms with Crippen LogP contribution in [0.1, 0.15) is 54.7 Å². The maximum absolute atomic E-state index is 12.7. The van der Waals surface area contributed by atoms with Gasteiger partial charge in [0.2, 0.25) is 11.8 Å². The molecule has 2 aliphatic heterocycles. The van der Waals surface area contributed by atoms with E-state index in [2.05, 4.69) is 15.2 Å². The summed E-state index contributed by atoms with van der Waals surface area (Å²) in [5.74, 6) is 0.763. The van der Waals surface area contributed by atoms with Gasteiger partial charge in [-0.1, -0.05) is 0 Å². The number of ether oxygens (including phenoxy) is 1. The van der Waals surface area contributed by atoms with Crippen molar-refractivity contribution in [1.29, 1.82) is 0 Å². The zero-order valence-corrected chi connectivity index (χ0v) is 17.4. The summed E-state index contributed by atoms with van der Waals surface area (Å²) in [5.41, 5.74) is 2.20. The van der Waals surface area contributed by atoms with Crippen molar-refractivity contribution in [2.75, 3.05) is 20.2 Å². The molecule has 3 heterocycles. The van der Waals surface area contributed by atoms with Crippen LogP contribution in [0.3, 0.4) is 0 Å². The highest BCUT2D eigenvalue weighted by molar-refractivity contribution is 5.98. The summed E-state index contributed by atoms with van der Waals surface area (Å²) in [4.78, 5) is 33.3. The van der Waals surface area contributed by atoms with E-state index in [9.17, 15) is 14.7 Å². The van der Waals surface area contributed by atoms with Crippen molar-refractivity contribution in [3.8, 4) is 5.88 Å². The molecular formula is C21H30N4O4. The molecule has 1 aromatic heterocycles. The molecule has 3 aliphatic rings. The summed E-state index contributed by atoms with van der Waals surface area (Å²) in [6.07, 6.45) is 1.99. The Kier molecular flexibility index (Phi) is 5.48. The van der Waals surface area contributed by atoms with Crippen molar-refractivity contribution < 1.29 is 19.4 Å². The van der Waals surface area contributed by atoms with Crippen molar-refractivity contribution in [3.63, 3.8) is 0 Å². The molecule has 2 amide bonds. The highest BCUT2D eigenvalue weighted by atomic mass is 16.5. The fraction of sp³-hybridized carbons (Fsp3) is 0.667. The Balaban J connectivity index is 1.49. The number of carbonyl (C=O) groups excluding carboxylic acids is 2. The molecule has 0 bridgehead atoms. The number of aliphatic hydroxyl groups is 1. The molecule has 4 rings (SSSR count). The number of hydrogen-bond acceptors (Lipinski definition) is 6. The van der Waals surface area contributed by atoms with Crippen LogP contribution in [0.5, 0.6) is 5.88 Å². The van der Waals surface area contributed by atoms with E-state index >= 15 is 0 Å². The smallest absolute Gasteiger partial charge is 0.256 e. The molecule has 2 atom stereocenters. The Morgan fingerprint density at radius 2 is 2.14 bits per heavy atom. The summed E-state index contributed by atoms with van der Waals surface area (Å²) < 4.78 is 5.50. The van der Waals surface area contributed by atoms with E-state index in [1.165, 1.54) is 0 Å². The lowest BCUT2D eigenvalue weighted by molar-refractivity contribution is -0.123. The highest BCUT2D eigenvalue weighted by Crippen LogP contribution is 2.31. The summed E-state index contributed by atoms with van der Waals surface area (Å²) in [5, 5.41) is 13.4. The van der Waals surface area contributed by atoms with Crippen LogP contribution in [0, 0.1) is 5.92 Å². The quantitative estimate of drug-likeness (QED) is 0.735. The predicted octanol–water partition coefficient (Wildman–Crippen LogP) is 0.916. The monoisotopic (exact) mass is 402 g/mol. The van der Waals surface area contributed by atoms with Gasteiger partial charge in [0, 0.05) is 43.2 Å². The molecule has 2 fully saturated rings. The van der Waals surface area contributed by atoms with Crippen LogP contribution >= 0.6 is 0 Å². The molecular weight excluding hydrogens is 372 g/mol. The van der Waals surface area contributed by atoms with Crippen LogP contribution in [-0.4, -0.2) is 70.1 Å². The molecule has 1 aliphatic carbocycles. The van der Waals surface area contributed by atoms with Crippen LogP contribution in [0.25, 0.3) is 0 Å². The molecule has 158 valence electrons. The minimum absolute atomic E-state index is 0.000319. The third-order valence-electron chi connectivity index (χ3n) is 5.96. The van der Waals surface area contributed by atoms with Crippen LogP contribution in [0.15, 0.2) is 6.07 Å².